The average Bonchev–Trinajstić information content (AvgIpc) is 2.39. The summed E-state index contributed by atoms with van der Waals surface area (Å²) in [5, 5.41) is 0.259. The van der Waals surface area contributed by atoms with Gasteiger partial charge in [0.15, 0.2) is 0 Å². The summed E-state index contributed by atoms with van der Waals surface area (Å²) in [6.07, 6.45) is 0. The highest BCUT2D eigenvalue weighted by molar-refractivity contribution is 9.10. The van der Waals surface area contributed by atoms with Crippen molar-refractivity contribution >= 4 is 27.7 Å². The van der Waals surface area contributed by atoms with Gasteiger partial charge in [-0.15, -0.1) is 11.8 Å². The summed E-state index contributed by atoms with van der Waals surface area (Å²) in [5.74, 6) is 0. The van der Waals surface area contributed by atoms with E-state index >= 15 is 0 Å². The van der Waals surface area contributed by atoms with Crippen LogP contribution < -0.4 is 5.73 Å². The number of hydrogen-bond acceptors (Lipinski definition) is 2. The van der Waals surface area contributed by atoms with Crippen LogP contribution in [0.4, 0.5) is 0 Å². The zero-order valence-electron chi connectivity index (χ0n) is 12.1. The summed E-state index contributed by atoms with van der Waals surface area (Å²) in [7, 11) is 0. The van der Waals surface area contributed by atoms with Gasteiger partial charge in [-0.1, -0.05) is 34.1 Å². The molecule has 0 radical (unpaired) electrons. The van der Waals surface area contributed by atoms with Gasteiger partial charge in [-0.25, -0.2) is 0 Å². The van der Waals surface area contributed by atoms with Crippen LogP contribution in [-0.4, -0.2) is 6.04 Å². The molecule has 0 fully saturated rings. The molecule has 0 saturated heterocycles. The van der Waals surface area contributed by atoms with Crippen LogP contribution in [0.25, 0.3) is 0 Å². The maximum atomic E-state index is 6.20. The van der Waals surface area contributed by atoms with Gasteiger partial charge < -0.3 is 5.73 Å². The predicted molar refractivity (Wildman–Crippen MR) is 92.3 cm³/mol. The van der Waals surface area contributed by atoms with Crippen LogP contribution in [0.1, 0.15) is 28.9 Å². The van der Waals surface area contributed by atoms with Gasteiger partial charge in [-0.3, -0.25) is 0 Å². The highest BCUT2D eigenvalue weighted by atomic mass is 79.9. The van der Waals surface area contributed by atoms with Gasteiger partial charge in [0.25, 0.3) is 0 Å². The van der Waals surface area contributed by atoms with E-state index in [9.17, 15) is 0 Å². The summed E-state index contributed by atoms with van der Waals surface area (Å²) < 4.78 is 1.10. The fourth-order valence-corrected chi connectivity index (χ4v) is 3.70. The summed E-state index contributed by atoms with van der Waals surface area (Å²) in [4.78, 5) is 1.27. The molecule has 0 bridgehead atoms. The minimum absolute atomic E-state index is 0.0934. The molecule has 0 spiro atoms. The van der Waals surface area contributed by atoms with Crippen LogP contribution in [0.2, 0.25) is 0 Å². The first kappa shape index (κ1) is 15.6. The van der Waals surface area contributed by atoms with Crippen LogP contribution in [0, 0.1) is 13.8 Å². The molecule has 1 nitrogen and oxygen atoms in total. The third-order valence-corrected chi connectivity index (χ3v) is 5.37. The topological polar surface area (TPSA) is 26.0 Å². The maximum absolute atomic E-state index is 6.20. The Morgan fingerprint density at radius 1 is 1.05 bits per heavy atom. The molecular weight excluding hydrogens is 330 g/mol. The van der Waals surface area contributed by atoms with Crippen molar-refractivity contribution in [2.75, 3.05) is 0 Å². The lowest BCUT2D eigenvalue weighted by Gasteiger charge is -2.21. The molecular formula is C17H20BrNS. The van der Waals surface area contributed by atoms with Crippen molar-refractivity contribution in [2.45, 2.75) is 37.0 Å². The molecule has 0 amide bonds. The van der Waals surface area contributed by atoms with Crippen LogP contribution in [0.5, 0.6) is 0 Å². The van der Waals surface area contributed by atoms with Gasteiger partial charge >= 0.3 is 0 Å². The molecule has 2 unspecified atom stereocenters. The largest absolute Gasteiger partial charge is 0.327 e. The van der Waals surface area contributed by atoms with E-state index in [1.165, 1.54) is 21.6 Å². The lowest BCUT2D eigenvalue weighted by atomic mass is 10.1. The maximum Gasteiger partial charge on any atom is 0.0493 e. The molecule has 0 aliphatic heterocycles. The molecule has 2 N–H and O–H groups in total. The monoisotopic (exact) mass is 349 g/mol. The lowest BCUT2D eigenvalue weighted by Crippen LogP contribution is -2.22. The summed E-state index contributed by atoms with van der Waals surface area (Å²) >= 11 is 5.37. The number of thioether (sulfide) groups is 1. The molecule has 0 aliphatic rings. The molecule has 3 heteroatoms. The Hall–Kier alpha value is -0.770. The molecule has 0 aliphatic carbocycles. The summed E-state index contributed by atoms with van der Waals surface area (Å²) in [6.45, 7) is 6.36. The summed E-state index contributed by atoms with van der Waals surface area (Å²) in [6, 6.07) is 15.1. The van der Waals surface area contributed by atoms with E-state index < -0.39 is 0 Å². The number of halogens is 1. The van der Waals surface area contributed by atoms with Crippen molar-refractivity contribution in [3.05, 3.63) is 63.6 Å². The van der Waals surface area contributed by atoms with E-state index in [1.807, 2.05) is 17.8 Å². The smallest absolute Gasteiger partial charge is 0.0493 e. The molecule has 2 aromatic rings. The van der Waals surface area contributed by atoms with E-state index in [0.717, 1.165) is 4.47 Å². The van der Waals surface area contributed by atoms with Gasteiger partial charge in [-0.2, -0.15) is 0 Å². The SMILES string of the molecule is Cc1ccc(SC(c2cccc(Br)c2)C(C)N)cc1C. The number of aryl methyl sites for hydroxylation is 2. The molecule has 0 saturated carbocycles. The number of benzene rings is 2. The predicted octanol–water partition coefficient (Wildman–Crippen LogP) is 5.25. The Labute approximate surface area is 134 Å². The first-order valence-electron chi connectivity index (χ1n) is 6.72. The second-order valence-corrected chi connectivity index (χ2v) is 7.33. The first-order chi connectivity index (χ1) is 9.47. The van der Waals surface area contributed by atoms with Crippen LogP contribution in [0.15, 0.2) is 51.8 Å². The van der Waals surface area contributed by atoms with Crippen molar-refractivity contribution in [2.24, 2.45) is 5.73 Å². The molecule has 20 heavy (non-hydrogen) atoms. The second kappa shape index (κ2) is 6.79. The second-order valence-electron chi connectivity index (χ2n) is 5.20. The molecule has 2 atom stereocenters. The normalized spacial score (nSPS) is 14.1. The fourth-order valence-electron chi connectivity index (χ4n) is 2.10. The van der Waals surface area contributed by atoms with E-state index in [-0.39, 0.29) is 11.3 Å². The third kappa shape index (κ3) is 3.87. The molecule has 106 valence electrons. The number of hydrogen-bond donors (Lipinski definition) is 1. The van der Waals surface area contributed by atoms with Gasteiger partial charge in [0.05, 0.1) is 0 Å². The zero-order chi connectivity index (χ0) is 14.7. The Morgan fingerprint density at radius 2 is 1.80 bits per heavy atom. The van der Waals surface area contributed by atoms with Gasteiger partial charge in [0, 0.05) is 20.7 Å². The quantitative estimate of drug-likeness (QED) is 0.763. The van der Waals surface area contributed by atoms with Crippen LogP contribution >= 0.6 is 27.7 Å². The van der Waals surface area contributed by atoms with Gasteiger partial charge in [0.1, 0.15) is 0 Å². The summed E-state index contributed by atoms with van der Waals surface area (Å²) in [5.41, 5.74) is 10.1. The Morgan fingerprint density at radius 3 is 2.40 bits per heavy atom. The molecule has 0 aromatic heterocycles. The van der Waals surface area contributed by atoms with Crippen molar-refractivity contribution in [1.82, 2.24) is 0 Å². The molecule has 2 aromatic carbocycles. The van der Waals surface area contributed by atoms with E-state index in [0.29, 0.717) is 0 Å². The third-order valence-electron chi connectivity index (χ3n) is 3.40. The molecule has 0 heterocycles. The number of rotatable bonds is 4. The van der Waals surface area contributed by atoms with Crippen LogP contribution in [-0.2, 0) is 0 Å². The average molecular weight is 350 g/mol. The van der Waals surface area contributed by atoms with Gasteiger partial charge in [-0.05, 0) is 61.7 Å². The van der Waals surface area contributed by atoms with Gasteiger partial charge in [0.2, 0.25) is 0 Å². The zero-order valence-corrected chi connectivity index (χ0v) is 14.5. The standard InChI is InChI=1S/C17H20BrNS/c1-11-7-8-16(9-12(11)2)20-17(13(3)19)14-5-4-6-15(18)10-14/h4-10,13,17H,19H2,1-3H3. The van der Waals surface area contributed by atoms with Crippen molar-refractivity contribution in [3.8, 4) is 0 Å². The van der Waals surface area contributed by atoms with Crippen molar-refractivity contribution < 1.29 is 0 Å². The van der Waals surface area contributed by atoms with E-state index in [1.54, 1.807) is 0 Å². The minimum Gasteiger partial charge on any atom is -0.327 e. The van der Waals surface area contributed by atoms with Crippen LogP contribution in [0.3, 0.4) is 0 Å². The Balaban J connectivity index is 2.28. The minimum atomic E-state index is 0.0934. The van der Waals surface area contributed by atoms with Crippen molar-refractivity contribution in [3.63, 3.8) is 0 Å². The Bertz CT molecular complexity index is 595. The van der Waals surface area contributed by atoms with E-state index in [4.69, 9.17) is 5.73 Å². The molecule has 2 rings (SSSR count). The lowest BCUT2D eigenvalue weighted by molar-refractivity contribution is 0.721. The fraction of sp³-hybridized carbons (Fsp3) is 0.294. The van der Waals surface area contributed by atoms with E-state index in [2.05, 4.69) is 73.1 Å². The van der Waals surface area contributed by atoms with Crippen molar-refractivity contribution in [1.29, 1.82) is 0 Å². The number of nitrogens with two attached hydrogens (primary N) is 1. The first-order valence-corrected chi connectivity index (χ1v) is 8.39. The highest BCUT2D eigenvalue weighted by Crippen LogP contribution is 2.38. The highest BCUT2D eigenvalue weighted by Gasteiger charge is 2.18. The Kier molecular flexibility index (Phi) is 5.30.